The number of carbonyl (C=O) groups is 2. The molecule has 2 aromatic rings. The SMILES string of the molecule is CCOC(C)=O.Cc1ccc(F)c(Nc2n[nH]c3c2CN(C(=O)Cl)C3(C)C)n1. The summed E-state index contributed by atoms with van der Waals surface area (Å²) in [5.74, 6) is -0.134. The van der Waals surface area contributed by atoms with Gasteiger partial charge in [0.1, 0.15) is 0 Å². The van der Waals surface area contributed by atoms with E-state index < -0.39 is 16.7 Å². The summed E-state index contributed by atoms with van der Waals surface area (Å²) in [6.07, 6.45) is 0. The van der Waals surface area contributed by atoms with Gasteiger partial charge in [0, 0.05) is 18.2 Å². The highest BCUT2D eigenvalue weighted by Gasteiger charge is 2.43. The van der Waals surface area contributed by atoms with Crippen molar-refractivity contribution in [2.24, 2.45) is 0 Å². The summed E-state index contributed by atoms with van der Waals surface area (Å²) in [4.78, 5) is 27.0. The van der Waals surface area contributed by atoms with Gasteiger partial charge in [0.25, 0.3) is 0 Å². The summed E-state index contributed by atoms with van der Waals surface area (Å²) in [6.45, 7) is 9.47. The van der Waals surface area contributed by atoms with Crippen molar-refractivity contribution in [2.45, 2.75) is 46.7 Å². The molecule has 0 aliphatic carbocycles. The first-order valence-corrected chi connectivity index (χ1v) is 9.04. The number of anilines is 2. The van der Waals surface area contributed by atoms with Crippen LogP contribution < -0.4 is 5.32 Å². The summed E-state index contributed by atoms with van der Waals surface area (Å²) in [6, 6.07) is 2.93. The van der Waals surface area contributed by atoms with Crippen LogP contribution in [-0.4, -0.2) is 38.0 Å². The predicted molar refractivity (Wildman–Crippen MR) is 103 cm³/mol. The number of halogens is 2. The van der Waals surface area contributed by atoms with Crippen LogP contribution in [0.2, 0.25) is 0 Å². The number of aryl methyl sites for hydroxylation is 1. The number of pyridine rings is 1. The average molecular weight is 412 g/mol. The Morgan fingerprint density at radius 3 is 2.61 bits per heavy atom. The fourth-order valence-corrected chi connectivity index (χ4v) is 3.12. The van der Waals surface area contributed by atoms with Gasteiger partial charge in [-0.05, 0) is 51.4 Å². The number of esters is 1. The number of nitrogens with zero attached hydrogens (tertiary/aromatic N) is 3. The van der Waals surface area contributed by atoms with Crippen LogP contribution >= 0.6 is 11.6 Å². The maximum absolute atomic E-state index is 13.8. The molecule has 0 saturated carbocycles. The fraction of sp³-hybridized carbons (Fsp3) is 0.444. The highest BCUT2D eigenvalue weighted by atomic mass is 35.5. The Morgan fingerprint density at radius 1 is 1.39 bits per heavy atom. The van der Waals surface area contributed by atoms with E-state index >= 15 is 0 Å². The molecule has 0 radical (unpaired) electrons. The van der Waals surface area contributed by atoms with Crippen molar-refractivity contribution in [3.05, 3.63) is 34.9 Å². The number of aromatic nitrogens is 3. The number of H-pyrrole nitrogens is 1. The van der Waals surface area contributed by atoms with Crippen LogP contribution in [0.1, 0.15) is 44.6 Å². The number of carbonyl (C=O) groups excluding carboxylic acids is 2. The monoisotopic (exact) mass is 411 g/mol. The second-order valence-electron chi connectivity index (χ2n) is 6.66. The lowest BCUT2D eigenvalue weighted by molar-refractivity contribution is -0.140. The molecule has 1 aliphatic rings. The van der Waals surface area contributed by atoms with Crippen LogP contribution in [0.15, 0.2) is 12.1 Å². The Kier molecular flexibility index (Phi) is 6.60. The van der Waals surface area contributed by atoms with Gasteiger partial charge in [-0.25, -0.2) is 9.37 Å². The highest BCUT2D eigenvalue weighted by molar-refractivity contribution is 6.62. The molecule has 0 aromatic carbocycles. The molecule has 1 amide bonds. The first-order chi connectivity index (χ1) is 13.1. The van der Waals surface area contributed by atoms with Gasteiger partial charge in [0.05, 0.1) is 24.4 Å². The zero-order valence-electron chi connectivity index (χ0n) is 16.4. The van der Waals surface area contributed by atoms with Gasteiger partial charge in [-0.15, -0.1) is 0 Å². The lowest BCUT2D eigenvalue weighted by Crippen LogP contribution is -2.37. The minimum Gasteiger partial charge on any atom is -0.466 e. The Hall–Kier alpha value is -2.68. The minimum absolute atomic E-state index is 0.0998. The number of ether oxygens (including phenoxy) is 1. The van der Waals surface area contributed by atoms with Gasteiger partial charge < -0.3 is 15.0 Å². The summed E-state index contributed by atoms with van der Waals surface area (Å²) < 4.78 is 18.2. The molecule has 0 fully saturated rings. The van der Waals surface area contributed by atoms with Crippen molar-refractivity contribution in [2.75, 3.05) is 11.9 Å². The second-order valence-corrected chi connectivity index (χ2v) is 6.98. The Labute approximate surface area is 167 Å². The normalized spacial score (nSPS) is 14.0. The van der Waals surface area contributed by atoms with Crippen LogP contribution in [-0.2, 0) is 21.6 Å². The van der Waals surface area contributed by atoms with Crippen molar-refractivity contribution >= 4 is 34.6 Å². The molecule has 28 heavy (non-hydrogen) atoms. The van der Waals surface area contributed by atoms with Crippen LogP contribution in [0.3, 0.4) is 0 Å². The van der Waals surface area contributed by atoms with E-state index in [1.807, 2.05) is 13.8 Å². The van der Waals surface area contributed by atoms with Gasteiger partial charge in [-0.2, -0.15) is 5.10 Å². The van der Waals surface area contributed by atoms with Crippen LogP contribution in [0.5, 0.6) is 0 Å². The van der Waals surface area contributed by atoms with E-state index in [2.05, 4.69) is 25.2 Å². The van der Waals surface area contributed by atoms with E-state index in [1.54, 1.807) is 19.9 Å². The molecule has 3 rings (SSSR count). The lowest BCUT2D eigenvalue weighted by Gasteiger charge is -2.29. The van der Waals surface area contributed by atoms with Gasteiger partial charge >= 0.3 is 11.3 Å². The number of hydrogen-bond donors (Lipinski definition) is 2. The van der Waals surface area contributed by atoms with E-state index in [1.165, 1.54) is 17.9 Å². The molecule has 0 atom stereocenters. The summed E-state index contributed by atoms with van der Waals surface area (Å²) in [5, 5.41) is 9.41. The number of fused-ring (bicyclic) bond motifs is 1. The Bertz CT molecular complexity index is 884. The zero-order chi connectivity index (χ0) is 21.1. The van der Waals surface area contributed by atoms with Crippen molar-refractivity contribution in [1.29, 1.82) is 0 Å². The Morgan fingerprint density at radius 2 is 2.07 bits per heavy atom. The summed E-state index contributed by atoms with van der Waals surface area (Å²) in [7, 11) is 0. The molecule has 2 aromatic heterocycles. The maximum Gasteiger partial charge on any atom is 0.317 e. The highest BCUT2D eigenvalue weighted by Crippen LogP contribution is 2.41. The first-order valence-electron chi connectivity index (χ1n) is 8.66. The van der Waals surface area contributed by atoms with Crippen molar-refractivity contribution in [3.63, 3.8) is 0 Å². The fourth-order valence-electron chi connectivity index (χ4n) is 2.84. The Balaban J connectivity index is 0.000000409. The molecule has 0 spiro atoms. The molecule has 2 N–H and O–H groups in total. The van der Waals surface area contributed by atoms with Crippen LogP contribution in [0.4, 0.5) is 20.8 Å². The predicted octanol–water partition coefficient (Wildman–Crippen LogP) is 3.97. The van der Waals surface area contributed by atoms with Gasteiger partial charge in [-0.3, -0.25) is 14.7 Å². The van der Waals surface area contributed by atoms with E-state index in [0.29, 0.717) is 24.7 Å². The topological polar surface area (TPSA) is 100 Å². The summed E-state index contributed by atoms with van der Waals surface area (Å²) >= 11 is 5.63. The smallest absolute Gasteiger partial charge is 0.317 e. The second kappa shape index (κ2) is 8.55. The van der Waals surface area contributed by atoms with Gasteiger partial charge in [0.15, 0.2) is 17.5 Å². The number of nitrogens with one attached hydrogen (secondary N) is 2. The lowest BCUT2D eigenvalue weighted by atomic mass is 10.0. The maximum atomic E-state index is 13.8. The third-order valence-electron chi connectivity index (χ3n) is 4.25. The van der Waals surface area contributed by atoms with E-state index in [9.17, 15) is 14.0 Å². The molecular weight excluding hydrogens is 389 g/mol. The van der Waals surface area contributed by atoms with E-state index in [4.69, 9.17) is 11.6 Å². The molecule has 10 heteroatoms. The van der Waals surface area contributed by atoms with Crippen LogP contribution in [0, 0.1) is 12.7 Å². The quantitative estimate of drug-likeness (QED) is 0.450. The van der Waals surface area contributed by atoms with Crippen molar-refractivity contribution in [1.82, 2.24) is 20.1 Å². The molecule has 8 nitrogen and oxygen atoms in total. The largest absolute Gasteiger partial charge is 0.466 e. The molecule has 1 aliphatic heterocycles. The molecular formula is C18H23ClFN5O3. The minimum atomic E-state index is -0.598. The molecule has 0 unspecified atom stereocenters. The van der Waals surface area contributed by atoms with Gasteiger partial charge in [0.2, 0.25) is 0 Å². The standard InChI is InChI=1S/C14H15ClFN5O.C4H8O2/c1-7-4-5-9(16)12(17-7)18-11-8-6-21(13(15)22)14(2,3)10(8)19-20-11;1-3-6-4(2)5/h4-5H,6H2,1-3H3,(H2,17,18,19,20);3H2,1-2H3. The van der Waals surface area contributed by atoms with E-state index in [-0.39, 0.29) is 11.8 Å². The van der Waals surface area contributed by atoms with Crippen LogP contribution in [0.25, 0.3) is 0 Å². The third-order valence-corrected chi connectivity index (χ3v) is 4.46. The first kappa shape index (κ1) is 21.6. The molecule has 152 valence electrons. The van der Waals surface area contributed by atoms with Crippen molar-refractivity contribution < 1.29 is 18.7 Å². The number of amides is 1. The number of rotatable bonds is 3. The molecule has 3 heterocycles. The molecule has 0 bridgehead atoms. The number of aromatic amines is 1. The average Bonchev–Trinajstić information content (AvgIpc) is 3.10. The van der Waals surface area contributed by atoms with Crippen molar-refractivity contribution in [3.8, 4) is 0 Å². The van der Waals surface area contributed by atoms with Gasteiger partial charge in [-0.1, -0.05) is 0 Å². The number of hydrogen-bond acceptors (Lipinski definition) is 6. The van der Waals surface area contributed by atoms with E-state index in [0.717, 1.165) is 11.3 Å². The molecule has 0 saturated heterocycles. The zero-order valence-corrected chi connectivity index (χ0v) is 17.1. The third kappa shape index (κ3) is 4.59. The summed E-state index contributed by atoms with van der Waals surface area (Å²) in [5.41, 5.74) is 1.65.